The maximum Gasteiger partial charge on any atom is 0.429 e. The van der Waals surface area contributed by atoms with Crippen LogP contribution < -0.4 is 5.43 Å². The van der Waals surface area contributed by atoms with E-state index < -0.39 is 11.7 Å². The van der Waals surface area contributed by atoms with Gasteiger partial charge in [-0.1, -0.05) is 0 Å². The number of ether oxygens (including phenoxy) is 1. The second-order valence-corrected chi connectivity index (χ2v) is 3.71. The fourth-order valence-electron chi connectivity index (χ4n) is 0.764. The molecule has 1 rings (SSSR count). The van der Waals surface area contributed by atoms with E-state index in [0.29, 0.717) is 0 Å². The summed E-state index contributed by atoms with van der Waals surface area (Å²) in [7, 11) is 0. The lowest BCUT2D eigenvalue weighted by atomic mass is 10.2. The Morgan fingerprint density at radius 2 is 2.14 bits per heavy atom. The first-order chi connectivity index (χ1) is 6.47. The van der Waals surface area contributed by atoms with E-state index in [4.69, 9.17) is 9.57 Å². The van der Waals surface area contributed by atoms with Crippen LogP contribution in [0, 0.1) is 0 Å². The van der Waals surface area contributed by atoms with Crippen molar-refractivity contribution >= 4 is 6.09 Å². The van der Waals surface area contributed by atoms with Crippen LogP contribution in [0.5, 0.6) is 0 Å². The molecular formula is C9H14N2O3. The fraction of sp³-hybridized carbons (Fsp3) is 0.444. The summed E-state index contributed by atoms with van der Waals surface area (Å²) in [5.74, 6) is 0. The van der Waals surface area contributed by atoms with E-state index in [1.54, 1.807) is 39.1 Å². The number of hydrogen-bond donors (Lipinski definition) is 1. The van der Waals surface area contributed by atoms with Crippen molar-refractivity contribution in [3.8, 4) is 0 Å². The number of hydrazine groups is 1. The Kier molecular flexibility index (Phi) is 3.01. The van der Waals surface area contributed by atoms with Crippen molar-refractivity contribution in [1.29, 1.82) is 0 Å². The first-order valence-corrected chi connectivity index (χ1v) is 4.26. The Hall–Kier alpha value is -1.65. The minimum absolute atomic E-state index is 0.514. The molecule has 0 fully saturated rings. The summed E-state index contributed by atoms with van der Waals surface area (Å²) in [5.41, 5.74) is 1.87. The molecule has 0 radical (unpaired) electrons. The van der Waals surface area contributed by atoms with Gasteiger partial charge in [0.2, 0.25) is 0 Å². The average Bonchev–Trinajstić information content (AvgIpc) is 2.02. The number of rotatable bonds is 1. The number of nitrogens with one attached hydrogen (secondary N) is 1. The Balaban J connectivity index is 2.34. The van der Waals surface area contributed by atoms with Gasteiger partial charge in [-0.05, 0) is 32.9 Å². The molecule has 0 saturated heterocycles. The molecule has 0 aromatic heterocycles. The summed E-state index contributed by atoms with van der Waals surface area (Å²) in [5, 5.41) is 1.16. The van der Waals surface area contributed by atoms with Gasteiger partial charge in [0.05, 0.1) is 6.20 Å². The Labute approximate surface area is 82.9 Å². The third kappa shape index (κ3) is 3.84. The molecular weight excluding hydrogens is 184 g/mol. The van der Waals surface area contributed by atoms with Crippen LogP contribution in [0.15, 0.2) is 24.6 Å². The lowest BCUT2D eigenvalue weighted by Gasteiger charge is -2.24. The predicted molar refractivity (Wildman–Crippen MR) is 50.6 cm³/mol. The number of amides is 1. The molecule has 78 valence electrons. The number of hydrogen-bond acceptors (Lipinski definition) is 4. The lowest BCUT2D eigenvalue weighted by molar-refractivity contribution is -0.103. The van der Waals surface area contributed by atoms with Crippen LogP contribution in [-0.2, 0) is 9.57 Å². The molecule has 1 amide bonds. The van der Waals surface area contributed by atoms with Crippen molar-refractivity contribution in [1.82, 2.24) is 10.6 Å². The molecule has 0 bridgehead atoms. The molecule has 0 aliphatic carbocycles. The molecule has 0 unspecified atom stereocenters. The first-order valence-electron chi connectivity index (χ1n) is 4.26. The van der Waals surface area contributed by atoms with E-state index in [1.165, 1.54) is 6.26 Å². The van der Waals surface area contributed by atoms with E-state index in [2.05, 4.69) is 5.43 Å². The second kappa shape index (κ2) is 4.04. The molecule has 5 nitrogen and oxygen atoms in total. The van der Waals surface area contributed by atoms with Crippen molar-refractivity contribution in [3.63, 3.8) is 0 Å². The minimum atomic E-state index is -0.558. The van der Waals surface area contributed by atoms with Gasteiger partial charge in [0.25, 0.3) is 0 Å². The SMILES string of the molecule is CC(C)(C)OC(=O)NN1C=CC=CO1. The van der Waals surface area contributed by atoms with Crippen LogP contribution in [0.1, 0.15) is 20.8 Å². The van der Waals surface area contributed by atoms with E-state index in [9.17, 15) is 4.79 Å². The number of carbonyl (C=O) groups is 1. The molecule has 5 heteroatoms. The van der Waals surface area contributed by atoms with Gasteiger partial charge in [-0.2, -0.15) is 5.43 Å². The summed E-state index contributed by atoms with van der Waals surface area (Å²) in [6.45, 7) is 5.37. The van der Waals surface area contributed by atoms with E-state index in [1.807, 2.05) is 0 Å². The predicted octanol–water partition coefficient (Wildman–Crippen LogP) is 1.70. The van der Waals surface area contributed by atoms with Crippen LogP contribution in [0.3, 0.4) is 0 Å². The molecule has 0 aromatic carbocycles. The maximum absolute atomic E-state index is 11.2. The number of carbonyl (C=O) groups excluding carboxylic acids is 1. The molecule has 1 aliphatic heterocycles. The number of nitrogens with zero attached hydrogens (tertiary/aromatic N) is 1. The van der Waals surface area contributed by atoms with Crippen LogP contribution >= 0.6 is 0 Å². The summed E-state index contributed by atoms with van der Waals surface area (Å²) in [6, 6.07) is 0. The first kappa shape index (κ1) is 10.4. The summed E-state index contributed by atoms with van der Waals surface area (Å²) < 4.78 is 5.01. The molecule has 0 spiro atoms. The highest BCUT2D eigenvalue weighted by Crippen LogP contribution is 2.07. The van der Waals surface area contributed by atoms with Crippen LogP contribution in [0.4, 0.5) is 4.79 Å². The summed E-state index contributed by atoms with van der Waals surface area (Å²) in [4.78, 5) is 16.1. The zero-order valence-corrected chi connectivity index (χ0v) is 8.48. The zero-order valence-electron chi connectivity index (χ0n) is 8.48. The van der Waals surface area contributed by atoms with Gasteiger partial charge in [-0.15, -0.1) is 5.17 Å². The van der Waals surface area contributed by atoms with Crippen molar-refractivity contribution < 1.29 is 14.4 Å². The van der Waals surface area contributed by atoms with Crippen LogP contribution in [0.2, 0.25) is 0 Å². The molecule has 0 saturated carbocycles. The Bertz CT molecular complexity index is 266. The van der Waals surface area contributed by atoms with Crippen molar-refractivity contribution in [2.75, 3.05) is 0 Å². The molecule has 1 aliphatic rings. The minimum Gasteiger partial charge on any atom is -0.443 e. The van der Waals surface area contributed by atoms with Crippen LogP contribution in [-0.4, -0.2) is 16.9 Å². The number of allylic oxidation sites excluding steroid dienone is 2. The lowest BCUT2D eigenvalue weighted by Crippen LogP contribution is -2.41. The quantitative estimate of drug-likeness (QED) is 0.696. The third-order valence-corrected chi connectivity index (χ3v) is 1.19. The third-order valence-electron chi connectivity index (χ3n) is 1.19. The van der Waals surface area contributed by atoms with Crippen molar-refractivity contribution in [2.45, 2.75) is 26.4 Å². The van der Waals surface area contributed by atoms with E-state index in [-0.39, 0.29) is 0 Å². The zero-order chi connectivity index (χ0) is 10.6. The molecule has 0 aromatic rings. The Morgan fingerprint density at radius 3 is 2.64 bits per heavy atom. The van der Waals surface area contributed by atoms with Crippen molar-refractivity contribution in [3.05, 3.63) is 24.6 Å². The molecule has 1 N–H and O–H groups in total. The summed E-state index contributed by atoms with van der Waals surface area (Å²) in [6.07, 6.45) is 5.87. The largest absolute Gasteiger partial charge is 0.443 e. The number of hydroxylamine groups is 1. The van der Waals surface area contributed by atoms with Gasteiger partial charge in [0.1, 0.15) is 11.9 Å². The van der Waals surface area contributed by atoms with Gasteiger partial charge in [-0.25, -0.2) is 4.79 Å². The average molecular weight is 198 g/mol. The molecule has 1 heterocycles. The van der Waals surface area contributed by atoms with Gasteiger partial charge < -0.3 is 9.57 Å². The van der Waals surface area contributed by atoms with Gasteiger partial charge in [-0.3, -0.25) is 0 Å². The normalized spacial score (nSPS) is 14.9. The molecule has 14 heavy (non-hydrogen) atoms. The van der Waals surface area contributed by atoms with E-state index >= 15 is 0 Å². The monoisotopic (exact) mass is 198 g/mol. The second-order valence-electron chi connectivity index (χ2n) is 3.71. The fourth-order valence-corrected chi connectivity index (χ4v) is 0.764. The van der Waals surface area contributed by atoms with Gasteiger partial charge in [0, 0.05) is 0 Å². The standard InChI is InChI=1S/C9H14N2O3/c1-9(2,3)14-8(12)10-11-6-4-5-7-13-11/h4-7H,1-3H3,(H,10,12). The Morgan fingerprint density at radius 1 is 1.43 bits per heavy atom. The molecule has 0 atom stereocenters. The maximum atomic E-state index is 11.2. The van der Waals surface area contributed by atoms with Crippen LogP contribution in [0.25, 0.3) is 0 Å². The highest BCUT2D eigenvalue weighted by molar-refractivity contribution is 5.67. The van der Waals surface area contributed by atoms with Gasteiger partial charge >= 0.3 is 6.09 Å². The van der Waals surface area contributed by atoms with Crippen molar-refractivity contribution in [2.24, 2.45) is 0 Å². The highest BCUT2D eigenvalue weighted by atomic mass is 16.7. The smallest absolute Gasteiger partial charge is 0.429 e. The highest BCUT2D eigenvalue weighted by Gasteiger charge is 2.17. The van der Waals surface area contributed by atoms with E-state index in [0.717, 1.165) is 5.17 Å². The van der Waals surface area contributed by atoms with Gasteiger partial charge in [0.15, 0.2) is 0 Å². The summed E-state index contributed by atoms with van der Waals surface area (Å²) >= 11 is 0. The topological polar surface area (TPSA) is 50.8 Å².